The third-order valence-electron chi connectivity index (χ3n) is 3.20. The molecule has 1 aliphatic heterocycles. The normalized spacial score (nSPS) is 13.2. The van der Waals surface area contributed by atoms with Gasteiger partial charge < -0.3 is 10.1 Å². The van der Waals surface area contributed by atoms with Gasteiger partial charge in [0.25, 0.3) is 5.91 Å². The molecule has 0 spiro atoms. The van der Waals surface area contributed by atoms with E-state index in [1.807, 2.05) is 32.0 Å². The monoisotopic (exact) mass is 272 g/mol. The Morgan fingerprint density at radius 3 is 3.05 bits per heavy atom. The molecule has 1 aromatic carbocycles. The Morgan fingerprint density at radius 1 is 1.45 bits per heavy atom. The lowest BCUT2D eigenvalue weighted by atomic mass is 10.1. The summed E-state index contributed by atoms with van der Waals surface area (Å²) in [5.74, 6) is 1.65. The summed E-state index contributed by atoms with van der Waals surface area (Å²) in [6.45, 7) is 4.68. The van der Waals surface area contributed by atoms with Gasteiger partial charge in [-0.25, -0.2) is 4.98 Å². The number of nitrogens with one attached hydrogen (secondary N) is 2. The second kappa shape index (κ2) is 4.96. The molecule has 0 saturated heterocycles. The average molecular weight is 272 g/mol. The summed E-state index contributed by atoms with van der Waals surface area (Å²) in [6.07, 6.45) is 0.872. The van der Waals surface area contributed by atoms with Crippen LogP contribution in [0.2, 0.25) is 0 Å². The van der Waals surface area contributed by atoms with Crippen molar-refractivity contribution in [1.29, 1.82) is 0 Å². The molecular weight excluding hydrogens is 256 g/mol. The highest BCUT2D eigenvalue weighted by Crippen LogP contribution is 2.27. The molecule has 0 fully saturated rings. The predicted molar refractivity (Wildman–Crippen MR) is 74.1 cm³/mol. The maximum absolute atomic E-state index is 12.1. The molecule has 6 nitrogen and oxygen atoms in total. The van der Waals surface area contributed by atoms with Crippen molar-refractivity contribution in [3.05, 3.63) is 35.4 Å². The molecule has 2 N–H and O–H groups in total. The van der Waals surface area contributed by atoms with Crippen LogP contribution in [0, 0.1) is 0 Å². The van der Waals surface area contributed by atoms with Gasteiger partial charge in [0.15, 0.2) is 0 Å². The third kappa shape index (κ3) is 2.36. The van der Waals surface area contributed by atoms with E-state index in [-0.39, 0.29) is 17.6 Å². The molecule has 0 atom stereocenters. The van der Waals surface area contributed by atoms with Gasteiger partial charge in [-0.3, -0.25) is 9.89 Å². The summed E-state index contributed by atoms with van der Waals surface area (Å²) >= 11 is 0. The van der Waals surface area contributed by atoms with Crippen LogP contribution in [0.3, 0.4) is 0 Å². The summed E-state index contributed by atoms with van der Waals surface area (Å²) in [6, 6.07) is 5.61. The van der Waals surface area contributed by atoms with Crippen molar-refractivity contribution in [2.45, 2.75) is 26.2 Å². The van der Waals surface area contributed by atoms with Gasteiger partial charge in [-0.15, -0.1) is 5.10 Å². The maximum Gasteiger partial charge on any atom is 0.295 e. The first kappa shape index (κ1) is 12.7. The summed E-state index contributed by atoms with van der Waals surface area (Å²) < 4.78 is 5.43. The van der Waals surface area contributed by atoms with Crippen LogP contribution in [0.1, 0.15) is 41.8 Å². The second-order valence-corrected chi connectivity index (χ2v) is 5.07. The largest absolute Gasteiger partial charge is 0.493 e. The smallest absolute Gasteiger partial charge is 0.295 e. The number of aromatic amines is 1. The summed E-state index contributed by atoms with van der Waals surface area (Å²) in [5.41, 5.74) is 1.84. The molecule has 6 heteroatoms. The zero-order valence-corrected chi connectivity index (χ0v) is 11.4. The quantitative estimate of drug-likeness (QED) is 0.896. The number of hydrogen-bond donors (Lipinski definition) is 2. The van der Waals surface area contributed by atoms with E-state index in [0.29, 0.717) is 12.4 Å². The van der Waals surface area contributed by atoms with Crippen LogP contribution < -0.4 is 10.1 Å². The van der Waals surface area contributed by atoms with E-state index in [2.05, 4.69) is 20.5 Å². The Morgan fingerprint density at radius 2 is 2.30 bits per heavy atom. The number of benzene rings is 1. The minimum Gasteiger partial charge on any atom is -0.493 e. The molecule has 3 rings (SSSR count). The predicted octanol–water partition coefficient (Wildman–Crippen LogP) is 2.12. The number of ether oxygens (including phenoxy) is 1. The molecule has 1 aromatic heterocycles. The standard InChI is InChI=1S/C14H16N4O2/c1-8(2)12-16-13(18-17-12)14(19)15-10-3-4-11-9(7-10)5-6-20-11/h3-4,7-8H,5-6H2,1-2H3,(H,15,19)(H,16,17,18). The van der Waals surface area contributed by atoms with Crippen molar-refractivity contribution in [2.75, 3.05) is 11.9 Å². The molecule has 2 aromatic rings. The number of carbonyl (C=O) groups is 1. The van der Waals surface area contributed by atoms with Crippen LogP contribution in [0.15, 0.2) is 18.2 Å². The first-order valence-electron chi connectivity index (χ1n) is 6.63. The van der Waals surface area contributed by atoms with Crippen LogP contribution in [-0.4, -0.2) is 27.7 Å². The van der Waals surface area contributed by atoms with E-state index >= 15 is 0 Å². The van der Waals surface area contributed by atoms with E-state index in [1.165, 1.54) is 0 Å². The molecule has 0 aliphatic carbocycles. The lowest BCUT2D eigenvalue weighted by molar-refractivity contribution is 0.101. The van der Waals surface area contributed by atoms with Crippen LogP contribution >= 0.6 is 0 Å². The van der Waals surface area contributed by atoms with Crippen molar-refractivity contribution in [1.82, 2.24) is 15.2 Å². The van der Waals surface area contributed by atoms with Gasteiger partial charge in [-0.1, -0.05) is 13.8 Å². The topological polar surface area (TPSA) is 79.9 Å². The van der Waals surface area contributed by atoms with Crippen LogP contribution in [0.4, 0.5) is 5.69 Å². The number of fused-ring (bicyclic) bond motifs is 1. The van der Waals surface area contributed by atoms with Gasteiger partial charge in [-0.2, -0.15) is 0 Å². The number of nitrogens with zero attached hydrogens (tertiary/aromatic N) is 2. The number of amides is 1. The second-order valence-electron chi connectivity index (χ2n) is 5.07. The SMILES string of the molecule is CC(C)c1nc(C(=O)Nc2ccc3c(c2)CCO3)n[nH]1. The molecule has 0 radical (unpaired) electrons. The minimum absolute atomic E-state index is 0.158. The van der Waals surface area contributed by atoms with Crippen molar-refractivity contribution >= 4 is 11.6 Å². The fourth-order valence-corrected chi connectivity index (χ4v) is 2.09. The van der Waals surface area contributed by atoms with Gasteiger partial charge in [0.2, 0.25) is 5.82 Å². The van der Waals surface area contributed by atoms with Crippen molar-refractivity contribution in [2.24, 2.45) is 0 Å². The minimum atomic E-state index is -0.313. The third-order valence-corrected chi connectivity index (χ3v) is 3.20. The van der Waals surface area contributed by atoms with Gasteiger partial charge in [0.05, 0.1) is 6.61 Å². The summed E-state index contributed by atoms with van der Waals surface area (Å²) in [4.78, 5) is 16.2. The van der Waals surface area contributed by atoms with Gasteiger partial charge >= 0.3 is 0 Å². The zero-order valence-electron chi connectivity index (χ0n) is 11.4. The van der Waals surface area contributed by atoms with Gasteiger partial charge in [0, 0.05) is 18.0 Å². The van der Waals surface area contributed by atoms with Crippen LogP contribution in [-0.2, 0) is 6.42 Å². The highest BCUT2D eigenvalue weighted by Gasteiger charge is 2.16. The van der Waals surface area contributed by atoms with Gasteiger partial charge in [0.1, 0.15) is 11.6 Å². The van der Waals surface area contributed by atoms with Crippen LogP contribution in [0.5, 0.6) is 5.75 Å². The Balaban J connectivity index is 1.75. The highest BCUT2D eigenvalue weighted by atomic mass is 16.5. The van der Waals surface area contributed by atoms with Crippen molar-refractivity contribution in [3.8, 4) is 5.75 Å². The fraction of sp³-hybridized carbons (Fsp3) is 0.357. The first-order chi connectivity index (χ1) is 9.63. The maximum atomic E-state index is 12.1. The van der Waals surface area contributed by atoms with E-state index in [4.69, 9.17) is 4.74 Å². The fourth-order valence-electron chi connectivity index (χ4n) is 2.09. The molecule has 1 amide bonds. The first-order valence-corrected chi connectivity index (χ1v) is 6.63. The lowest BCUT2D eigenvalue weighted by Crippen LogP contribution is -2.14. The Kier molecular flexibility index (Phi) is 3.14. The highest BCUT2D eigenvalue weighted by molar-refractivity contribution is 6.01. The molecule has 104 valence electrons. The average Bonchev–Trinajstić information content (AvgIpc) is 3.07. The summed E-state index contributed by atoms with van der Waals surface area (Å²) in [7, 11) is 0. The lowest BCUT2D eigenvalue weighted by Gasteiger charge is -2.04. The molecule has 1 aliphatic rings. The Bertz CT molecular complexity index is 648. The molecule has 0 unspecified atom stereocenters. The Hall–Kier alpha value is -2.37. The van der Waals surface area contributed by atoms with E-state index in [1.54, 1.807) is 0 Å². The molecular formula is C14H16N4O2. The number of anilines is 1. The number of rotatable bonds is 3. The molecule has 2 heterocycles. The van der Waals surface area contributed by atoms with E-state index in [9.17, 15) is 4.79 Å². The van der Waals surface area contributed by atoms with Gasteiger partial charge in [-0.05, 0) is 23.8 Å². The number of aromatic nitrogens is 3. The Labute approximate surface area is 116 Å². The van der Waals surface area contributed by atoms with Crippen molar-refractivity contribution in [3.63, 3.8) is 0 Å². The molecule has 0 bridgehead atoms. The molecule has 20 heavy (non-hydrogen) atoms. The number of carbonyl (C=O) groups excluding carboxylic acids is 1. The summed E-state index contributed by atoms with van der Waals surface area (Å²) in [5, 5.41) is 9.51. The molecule has 0 saturated carbocycles. The van der Waals surface area contributed by atoms with E-state index in [0.717, 1.165) is 23.4 Å². The number of H-pyrrole nitrogens is 1. The van der Waals surface area contributed by atoms with Crippen LogP contribution in [0.25, 0.3) is 0 Å². The number of hydrogen-bond acceptors (Lipinski definition) is 4. The van der Waals surface area contributed by atoms with E-state index < -0.39 is 0 Å². The zero-order chi connectivity index (χ0) is 14.1. The van der Waals surface area contributed by atoms with Crippen molar-refractivity contribution < 1.29 is 9.53 Å².